The molecule has 0 unspecified atom stereocenters. The molecule has 1 heterocycles. The molecule has 2 rings (SSSR count). The molecule has 4 heteroatoms. The zero-order chi connectivity index (χ0) is 12.8. The zero-order valence-electron chi connectivity index (χ0n) is 9.76. The Bertz CT molecular complexity index is 534. The standard InChI is InChI=1S/C14H13NO2S/c1-2-10-18-13-8-4-3-6-11(13)15-14(16)12-7-5-9-17-12/h2-9H,1,10H2,(H,15,16). The molecule has 0 aliphatic rings. The molecule has 0 aliphatic carbocycles. The van der Waals surface area contributed by atoms with Crippen molar-refractivity contribution in [2.45, 2.75) is 4.90 Å². The summed E-state index contributed by atoms with van der Waals surface area (Å²) in [6.45, 7) is 3.68. The van der Waals surface area contributed by atoms with E-state index >= 15 is 0 Å². The lowest BCUT2D eigenvalue weighted by molar-refractivity contribution is 0.0996. The number of carbonyl (C=O) groups is 1. The van der Waals surface area contributed by atoms with Crippen molar-refractivity contribution < 1.29 is 9.21 Å². The van der Waals surface area contributed by atoms with Crippen molar-refractivity contribution in [1.82, 2.24) is 0 Å². The van der Waals surface area contributed by atoms with Crippen molar-refractivity contribution in [3.05, 3.63) is 61.1 Å². The number of para-hydroxylation sites is 1. The highest BCUT2D eigenvalue weighted by Crippen LogP contribution is 2.27. The van der Waals surface area contributed by atoms with Gasteiger partial charge in [-0.1, -0.05) is 18.2 Å². The van der Waals surface area contributed by atoms with E-state index in [4.69, 9.17) is 4.42 Å². The lowest BCUT2D eigenvalue weighted by Gasteiger charge is -2.08. The van der Waals surface area contributed by atoms with E-state index in [2.05, 4.69) is 11.9 Å². The van der Waals surface area contributed by atoms with Crippen LogP contribution in [0.4, 0.5) is 5.69 Å². The van der Waals surface area contributed by atoms with Gasteiger partial charge in [0.15, 0.2) is 5.76 Å². The minimum Gasteiger partial charge on any atom is -0.459 e. The fourth-order valence-electron chi connectivity index (χ4n) is 1.44. The fourth-order valence-corrected chi connectivity index (χ4v) is 2.18. The summed E-state index contributed by atoms with van der Waals surface area (Å²) in [4.78, 5) is 12.9. The first-order valence-electron chi connectivity index (χ1n) is 5.49. The van der Waals surface area contributed by atoms with Crippen molar-refractivity contribution in [3.8, 4) is 0 Å². The maximum absolute atomic E-state index is 11.9. The molecule has 0 aliphatic heterocycles. The monoisotopic (exact) mass is 259 g/mol. The summed E-state index contributed by atoms with van der Waals surface area (Å²) in [7, 11) is 0. The lowest BCUT2D eigenvalue weighted by atomic mass is 10.3. The van der Waals surface area contributed by atoms with Gasteiger partial charge in [-0.3, -0.25) is 4.79 Å². The molecule has 1 N–H and O–H groups in total. The SMILES string of the molecule is C=CCSc1ccccc1NC(=O)c1ccco1. The fraction of sp³-hybridized carbons (Fsp3) is 0.0714. The van der Waals surface area contributed by atoms with Gasteiger partial charge in [0, 0.05) is 10.6 Å². The van der Waals surface area contributed by atoms with Gasteiger partial charge in [0.25, 0.3) is 5.91 Å². The maximum atomic E-state index is 11.9. The van der Waals surface area contributed by atoms with Crippen LogP contribution in [0, 0.1) is 0 Å². The molecule has 3 nitrogen and oxygen atoms in total. The van der Waals surface area contributed by atoms with Gasteiger partial charge in [-0.25, -0.2) is 0 Å². The summed E-state index contributed by atoms with van der Waals surface area (Å²) in [5.41, 5.74) is 0.783. The van der Waals surface area contributed by atoms with Gasteiger partial charge in [0.2, 0.25) is 0 Å². The number of rotatable bonds is 5. The molecule has 0 bridgehead atoms. The van der Waals surface area contributed by atoms with Crippen LogP contribution >= 0.6 is 11.8 Å². The smallest absolute Gasteiger partial charge is 0.291 e. The van der Waals surface area contributed by atoms with Gasteiger partial charge in [-0.15, -0.1) is 18.3 Å². The molecular weight excluding hydrogens is 246 g/mol. The Balaban J connectivity index is 2.13. The predicted molar refractivity (Wildman–Crippen MR) is 74.0 cm³/mol. The van der Waals surface area contributed by atoms with Crippen molar-refractivity contribution in [3.63, 3.8) is 0 Å². The summed E-state index contributed by atoms with van der Waals surface area (Å²) < 4.78 is 5.05. The van der Waals surface area contributed by atoms with E-state index < -0.39 is 0 Å². The van der Waals surface area contributed by atoms with Gasteiger partial charge in [0.05, 0.1) is 12.0 Å². The minimum absolute atomic E-state index is 0.244. The Morgan fingerprint density at radius 1 is 1.33 bits per heavy atom. The van der Waals surface area contributed by atoms with Crippen LogP contribution < -0.4 is 5.32 Å². The second-order valence-corrected chi connectivity index (χ2v) is 4.59. The van der Waals surface area contributed by atoms with Crippen LogP contribution in [0.25, 0.3) is 0 Å². The van der Waals surface area contributed by atoms with Crippen molar-refractivity contribution in [2.75, 3.05) is 11.1 Å². The third-order valence-corrected chi connectivity index (χ3v) is 3.31. The van der Waals surface area contributed by atoms with Crippen LogP contribution in [0.1, 0.15) is 10.6 Å². The van der Waals surface area contributed by atoms with E-state index in [1.54, 1.807) is 23.9 Å². The lowest BCUT2D eigenvalue weighted by Crippen LogP contribution is -2.11. The van der Waals surface area contributed by atoms with E-state index in [-0.39, 0.29) is 5.91 Å². The number of amides is 1. The number of anilines is 1. The topological polar surface area (TPSA) is 42.2 Å². The van der Waals surface area contributed by atoms with Gasteiger partial charge >= 0.3 is 0 Å². The Kier molecular flexibility index (Phi) is 4.25. The van der Waals surface area contributed by atoms with Crippen LogP contribution in [0.3, 0.4) is 0 Å². The molecule has 1 aromatic heterocycles. The summed E-state index contributed by atoms with van der Waals surface area (Å²) >= 11 is 1.62. The van der Waals surface area contributed by atoms with Crippen molar-refractivity contribution >= 4 is 23.4 Å². The summed E-state index contributed by atoms with van der Waals surface area (Å²) in [6.07, 6.45) is 3.31. The van der Waals surface area contributed by atoms with Crippen LogP contribution in [-0.2, 0) is 0 Å². The molecular formula is C14H13NO2S. The normalized spacial score (nSPS) is 10.0. The Hall–Kier alpha value is -1.94. The van der Waals surface area contributed by atoms with Crippen LogP contribution in [0.15, 0.2) is 64.6 Å². The first kappa shape index (κ1) is 12.5. The molecule has 92 valence electrons. The van der Waals surface area contributed by atoms with Gasteiger partial charge in [-0.05, 0) is 24.3 Å². The van der Waals surface area contributed by atoms with Crippen LogP contribution in [0.2, 0.25) is 0 Å². The average Bonchev–Trinajstić information content (AvgIpc) is 2.91. The molecule has 0 radical (unpaired) electrons. The van der Waals surface area contributed by atoms with Crippen molar-refractivity contribution in [1.29, 1.82) is 0 Å². The molecule has 2 aromatic rings. The number of carbonyl (C=O) groups excluding carboxylic acids is 1. The molecule has 1 amide bonds. The van der Waals surface area contributed by atoms with E-state index in [1.807, 2.05) is 30.3 Å². The Morgan fingerprint density at radius 2 is 2.17 bits per heavy atom. The number of thioether (sulfide) groups is 1. The molecule has 0 fully saturated rings. The summed E-state index contributed by atoms with van der Waals surface area (Å²) in [5, 5.41) is 2.83. The second-order valence-electron chi connectivity index (χ2n) is 3.53. The number of nitrogens with one attached hydrogen (secondary N) is 1. The van der Waals surface area contributed by atoms with E-state index in [0.717, 1.165) is 16.3 Å². The predicted octanol–water partition coefficient (Wildman–Crippen LogP) is 3.81. The van der Waals surface area contributed by atoms with Gasteiger partial charge < -0.3 is 9.73 Å². The highest BCUT2D eigenvalue weighted by atomic mass is 32.2. The molecule has 0 saturated carbocycles. The molecule has 0 saturated heterocycles. The maximum Gasteiger partial charge on any atom is 0.291 e. The quantitative estimate of drug-likeness (QED) is 0.655. The van der Waals surface area contributed by atoms with E-state index in [9.17, 15) is 4.79 Å². The highest BCUT2D eigenvalue weighted by Gasteiger charge is 2.10. The van der Waals surface area contributed by atoms with Crippen molar-refractivity contribution in [2.24, 2.45) is 0 Å². The second kappa shape index (κ2) is 6.12. The molecule has 0 spiro atoms. The van der Waals surface area contributed by atoms with E-state index in [0.29, 0.717) is 5.76 Å². The Labute approximate surface area is 110 Å². The summed E-state index contributed by atoms with van der Waals surface area (Å²) in [5.74, 6) is 0.860. The minimum atomic E-state index is -0.244. The molecule has 0 atom stereocenters. The van der Waals surface area contributed by atoms with Crippen LogP contribution in [-0.4, -0.2) is 11.7 Å². The average molecular weight is 259 g/mol. The van der Waals surface area contributed by atoms with E-state index in [1.165, 1.54) is 6.26 Å². The largest absolute Gasteiger partial charge is 0.459 e. The zero-order valence-corrected chi connectivity index (χ0v) is 10.6. The molecule has 18 heavy (non-hydrogen) atoms. The van der Waals surface area contributed by atoms with Crippen LogP contribution in [0.5, 0.6) is 0 Å². The highest BCUT2D eigenvalue weighted by molar-refractivity contribution is 7.99. The third-order valence-electron chi connectivity index (χ3n) is 2.24. The first-order chi connectivity index (χ1) is 8.81. The van der Waals surface area contributed by atoms with Gasteiger partial charge in [0.1, 0.15) is 0 Å². The number of hydrogen-bond acceptors (Lipinski definition) is 3. The van der Waals surface area contributed by atoms with Gasteiger partial charge in [-0.2, -0.15) is 0 Å². The number of furan rings is 1. The Morgan fingerprint density at radius 3 is 2.89 bits per heavy atom. The number of benzene rings is 1. The first-order valence-corrected chi connectivity index (χ1v) is 6.47. The number of hydrogen-bond donors (Lipinski definition) is 1. The summed E-state index contributed by atoms with van der Waals surface area (Å²) in [6, 6.07) is 11.0. The third kappa shape index (κ3) is 3.05. The molecule has 1 aromatic carbocycles.